The molecule has 1 N–H and O–H groups in total. The molecule has 0 spiro atoms. The molecule has 0 bridgehead atoms. The first kappa shape index (κ1) is 21.5. The third-order valence-corrected chi connectivity index (χ3v) is 5.60. The van der Waals surface area contributed by atoms with Crippen LogP contribution in [0.5, 0.6) is 0 Å². The Kier molecular flexibility index (Phi) is 6.49. The second-order valence-electron chi connectivity index (χ2n) is 8.09. The van der Waals surface area contributed by atoms with Crippen LogP contribution in [0.3, 0.4) is 0 Å². The second kappa shape index (κ2) is 9.64. The number of hydrogen-bond acceptors (Lipinski definition) is 5. The lowest BCUT2D eigenvalue weighted by Gasteiger charge is -2.39. The molecule has 2 aromatic carbocycles. The lowest BCUT2D eigenvalue weighted by Crippen LogP contribution is -2.57. The maximum absolute atomic E-state index is 12.8. The summed E-state index contributed by atoms with van der Waals surface area (Å²) in [5, 5.41) is 6.91. The Balaban J connectivity index is 1.29. The molecule has 3 aromatic rings. The Labute approximate surface area is 187 Å². The minimum Gasteiger partial charge on any atom is -0.338 e. The van der Waals surface area contributed by atoms with Crippen LogP contribution in [0, 0.1) is 6.92 Å². The summed E-state index contributed by atoms with van der Waals surface area (Å²) in [6.07, 6.45) is 0.0717. The molecule has 8 nitrogen and oxygen atoms in total. The molecule has 1 atom stereocenters. The molecule has 1 unspecified atom stereocenters. The van der Waals surface area contributed by atoms with E-state index in [1.165, 1.54) is 0 Å². The monoisotopic (exact) mass is 433 g/mol. The first-order valence-electron chi connectivity index (χ1n) is 10.8. The number of urea groups is 1. The van der Waals surface area contributed by atoms with E-state index in [0.29, 0.717) is 37.9 Å². The van der Waals surface area contributed by atoms with Crippen molar-refractivity contribution in [1.82, 2.24) is 25.3 Å². The minimum atomic E-state index is -0.116. The molecule has 0 aliphatic carbocycles. The maximum Gasteiger partial charge on any atom is 0.318 e. The molecule has 0 saturated carbocycles. The number of aromatic nitrogens is 2. The summed E-state index contributed by atoms with van der Waals surface area (Å²) >= 11 is 0. The van der Waals surface area contributed by atoms with Crippen molar-refractivity contribution in [3.05, 3.63) is 71.5 Å². The summed E-state index contributed by atoms with van der Waals surface area (Å²) in [5.41, 5.74) is 3.02. The van der Waals surface area contributed by atoms with E-state index in [2.05, 4.69) is 15.5 Å². The number of rotatable bonds is 5. The zero-order valence-electron chi connectivity index (χ0n) is 18.3. The predicted molar refractivity (Wildman–Crippen MR) is 120 cm³/mol. The summed E-state index contributed by atoms with van der Waals surface area (Å²) in [4.78, 5) is 33.3. The standard InChI is InChI=1S/C24H27N5O3/c1-17-8-10-20(11-9-17)23-26-21(27-32-23)14-22(30)28-12-13-29(18(2)16-28)24(31)25-15-19-6-4-3-5-7-19/h3-11,18H,12-16H2,1-2H3,(H,25,31). The molecule has 1 saturated heterocycles. The average molecular weight is 434 g/mol. The largest absolute Gasteiger partial charge is 0.338 e. The molecule has 4 rings (SSSR count). The Hall–Kier alpha value is -3.68. The van der Waals surface area contributed by atoms with Gasteiger partial charge in [-0.3, -0.25) is 4.79 Å². The average Bonchev–Trinajstić information content (AvgIpc) is 3.27. The highest BCUT2D eigenvalue weighted by atomic mass is 16.5. The zero-order valence-corrected chi connectivity index (χ0v) is 18.3. The van der Waals surface area contributed by atoms with Gasteiger partial charge < -0.3 is 19.6 Å². The smallest absolute Gasteiger partial charge is 0.318 e. The van der Waals surface area contributed by atoms with Crippen LogP contribution in [0.4, 0.5) is 4.79 Å². The van der Waals surface area contributed by atoms with Gasteiger partial charge >= 0.3 is 6.03 Å². The molecule has 1 aromatic heterocycles. The summed E-state index contributed by atoms with van der Waals surface area (Å²) in [6.45, 7) is 5.87. The number of nitrogens with one attached hydrogen (secondary N) is 1. The molecular weight excluding hydrogens is 406 g/mol. The van der Waals surface area contributed by atoms with Gasteiger partial charge in [0.2, 0.25) is 5.91 Å². The minimum absolute atomic E-state index is 0.0717. The van der Waals surface area contributed by atoms with E-state index in [9.17, 15) is 9.59 Å². The van der Waals surface area contributed by atoms with Crippen molar-refractivity contribution in [2.45, 2.75) is 32.9 Å². The number of carbonyl (C=O) groups is 2. The van der Waals surface area contributed by atoms with Gasteiger partial charge in [0.15, 0.2) is 5.82 Å². The summed E-state index contributed by atoms with van der Waals surface area (Å²) in [5.74, 6) is 0.694. The van der Waals surface area contributed by atoms with Crippen LogP contribution >= 0.6 is 0 Å². The van der Waals surface area contributed by atoms with Gasteiger partial charge in [0.25, 0.3) is 5.89 Å². The van der Waals surface area contributed by atoms with Gasteiger partial charge in [-0.15, -0.1) is 0 Å². The van der Waals surface area contributed by atoms with E-state index in [-0.39, 0.29) is 24.4 Å². The lowest BCUT2D eigenvalue weighted by molar-refractivity contribution is -0.132. The summed E-state index contributed by atoms with van der Waals surface area (Å²) < 4.78 is 5.32. The molecule has 1 fully saturated rings. The van der Waals surface area contributed by atoms with Crippen molar-refractivity contribution < 1.29 is 14.1 Å². The highest BCUT2D eigenvalue weighted by Crippen LogP contribution is 2.18. The number of carbonyl (C=O) groups excluding carboxylic acids is 2. The topological polar surface area (TPSA) is 91.6 Å². The van der Waals surface area contributed by atoms with E-state index in [1.807, 2.05) is 68.4 Å². The van der Waals surface area contributed by atoms with Crippen LogP contribution in [0.15, 0.2) is 59.1 Å². The fourth-order valence-electron chi connectivity index (χ4n) is 3.75. The van der Waals surface area contributed by atoms with Crippen molar-refractivity contribution >= 4 is 11.9 Å². The van der Waals surface area contributed by atoms with E-state index in [0.717, 1.165) is 16.7 Å². The van der Waals surface area contributed by atoms with Gasteiger partial charge in [-0.1, -0.05) is 53.2 Å². The molecule has 166 valence electrons. The van der Waals surface area contributed by atoms with Gasteiger partial charge in [-0.25, -0.2) is 4.79 Å². The number of piperazine rings is 1. The molecule has 3 amide bonds. The normalized spacial score (nSPS) is 16.1. The second-order valence-corrected chi connectivity index (χ2v) is 8.09. The number of nitrogens with zero attached hydrogens (tertiary/aromatic N) is 4. The van der Waals surface area contributed by atoms with Crippen LogP contribution in [-0.4, -0.2) is 57.6 Å². The van der Waals surface area contributed by atoms with Crippen molar-refractivity contribution in [2.24, 2.45) is 0 Å². The SMILES string of the molecule is Cc1ccc(-c2nc(CC(=O)N3CCN(C(=O)NCc4ccccc4)C(C)C3)no2)cc1. The number of benzene rings is 2. The molecule has 1 aliphatic heterocycles. The number of amides is 3. The highest BCUT2D eigenvalue weighted by molar-refractivity contribution is 5.79. The third-order valence-electron chi connectivity index (χ3n) is 5.60. The van der Waals surface area contributed by atoms with E-state index in [1.54, 1.807) is 9.80 Å². The van der Waals surface area contributed by atoms with E-state index in [4.69, 9.17) is 4.52 Å². The molecule has 8 heteroatoms. The van der Waals surface area contributed by atoms with Gasteiger partial charge in [-0.05, 0) is 31.5 Å². The molecule has 0 radical (unpaired) electrons. The fraction of sp³-hybridized carbons (Fsp3) is 0.333. The molecule has 2 heterocycles. The zero-order chi connectivity index (χ0) is 22.5. The van der Waals surface area contributed by atoms with Gasteiger partial charge in [0.05, 0.1) is 6.42 Å². The lowest BCUT2D eigenvalue weighted by atomic mass is 10.1. The van der Waals surface area contributed by atoms with Crippen LogP contribution in [0.2, 0.25) is 0 Å². The maximum atomic E-state index is 12.8. The molecule has 1 aliphatic rings. The predicted octanol–water partition coefficient (Wildman–Crippen LogP) is 3.03. The highest BCUT2D eigenvalue weighted by Gasteiger charge is 2.30. The van der Waals surface area contributed by atoms with Crippen molar-refractivity contribution in [1.29, 1.82) is 0 Å². The third kappa shape index (κ3) is 5.14. The molecular formula is C24H27N5O3. The van der Waals surface area contributed by atoms with Crippen LogP contribution < -0.4 is 5.32 Å². The molecule has 32 heavy (non-hydrogen) atoms. The Morgan fingerprint density at radius 3 is 2.56 bits per heavy atom. The number of hydrogen-bond donors (Lipinski definition) is 1. The van der Waals surface area contributed by atoms with Gasteiger partial charge in [0, 0.05) is 37.8 Å². The summed E-state index contributed by atoms with van der Waals surface area (Å²) in [7, 11) is 0. The van der Waals surface area contributed by atoms with Crippen LogP contribution in [-0.2, 0) is 17.8 Å². The number of aryl methyl sites for hydroxylation is 1. The quantitative estimate of drug-likeness (QED) is 0.668. The van der Waals surface area contributed by atoms with Crippen molar-refractivity contribution in [2.75, 3.05) is 19.6 Å². The van der Waals surface area contributed by atoms with Gasteiger partial charge in [0.1, 0.15) is 0 Å². The first-order chi connectivity index (χ1) is 15.5. The van der Waals surface area contributed by atoms with Gasteiger partial charge in [-0.2, -0.15) is 4.98 Å². The van der Waals surface area contributed by atoms with E-state index >= 15 is 0 Å². The van der Waals surface area contributed by atoms with Crippen LogP contribution in [0.25, 0.3) is 11.5 Å². The van der Waals surface area contributed by atoms with E-state index < -0.39 is 0 Å². The Morgan fingerprint density at radius 2 is 1.84 bits per heavy atom. The summed E-state index contributed by atoms with van der Waals surface area (Å²) in [6, 6.07) is 17.4. The van der Waals surface area contributed by atoms with Crippen molar-refractivity contribution in [3.8, 4) is 11.5 Å². The van der Waals surface area contributed by atoms with Crippen LogP contribution in [0.1, 0.15) is 23.9 Å². The first-order valence-corrected chi connectivity index (χ1v) is 10.8. The fourth-order valence-corrected chi connectivity index (χ4v) is 3.75. The van der Waals surface area contributed by atoms with Crippen molar-refractivity contribution in [3.63, 3.8) is 0 Å². The Morgan fingerprint density at radius 1 is 1.09 bits per heavy atom. The Bertz CT molecular complexity index is 1060.